The van der Waals surface area contributed by atoms with Gasteiger partial charge in [0.1, 0.15) is 0 Å². The van der Waals surface area contributed by atoms with E-state index in [0.29, 0.717) is 5.39 Å². The van der Waals surface area contributed by atoms with Gasteiger partial charge in [-0.3, -0.25) is 0 Å². The van der Waals surface area contributed by atoms with Crippen molar-refractivity contribution in [3.63, 3.8) is 0 Å². The smallest absolute Gasteiger partial charge is 0.338 e. The van der Waals surface area contributed by atoms with Gasteiger partial charge in [-0.25, -0.2) is 18.0 Å². The van der Waals surface area contributed by atoms with E-state index in [1.165, 1.54) is 12.1 Å². The number of carbonyl (C=O) groups excluding carboxylic acids is 1. The summed E-state index contributed by atoms with van der Waals surface area (Å²) in [7, 11) is -2.91. The van der Waals surface area contributed by atoms with E-state index in [1.807, 2.05) is 0 Å². The first-order valence-electron chi connectivity index (χ1n) is 7.64. The number of rotatable bonds is 4. The highest BCUT2D eigenvalue weighted by molar-refractivity contribution is 9.10. The molecule has 3 aromatic rings. The normalized spacial score (nSPS) is 11.3. The maximum Gasteiger partial charge on any atom is 0.338 e. The lowest BCUT2D eigenvalue weighted by atomic mass is 10.1. The van der Waals surface area contributed by atoms with E-state index in [2.05, 4.69) is 20.7 Å². The van der Waals surface area contributed by atoms with Gasteiger partial charge in [-0.1, -0.05) is 34.1 Å². The minimum Gasteiger partial charge on any atom is -0.478 e. The molecule has 3 rings (SSSR count). The van der Waals surface area contributed by atoms with Crippen molar-refractivity contribution >= 4 is 48.5 Å². The van der Waals surface area contributed by atoms with Crippen LogP contribution < -0.4 is 0 Å². The van der Waals surface area contributed by atoms with E-state index < -0.39 is 21.8 Å². The van der Waals surface area contributed by atoms with E-state index in [1.54, 1.807) is 30.3 Å². The first kappa shape index (κ1) is 19.1. The Kier molecular flexibility index (Phi) is 5.03. The van der Waals surface area contributed by atoms with Crippen LogP contribution in [0, 0.1) is 0 Å². The van der Waals surface area contributed by atoms with Gasteiger partial charge in [-0.15, -0.1) is 0 Å². The fraction of sp³-hybridized carbons (Fsp3) is 0.0526. The van der Waals surface area contributed by atoms with Crippen molar-refractivity contribution < 1.29 is 27.9 Å². The van der Waals surface area contributed by atoms with Crippen LogP contribution in [0.3, 0.4) is 0 Å². The molecule has 27 heavy (non-hydrogen) atoms. The lowest BCUT2D eigenvalue weighted by Crippen LogP contribution is -2.12. The van der Waals surface area contributed by atoms with E-state index in [4.69, 9.17) is 0 Å². The molecule has 0 saturated carbocycles. The molecule has 0 atom stereocenters. The molecule has 1 N–H and O–H groups in total. The number of hydrogen-bond donors (Lipinski definition) is 1. The van der Waals surface area contributed by atoms with E-state index >= 15 is 0 Å². The Bertz CT molecular complexity index is 1180. The maximum absolute atomic E-state index is 13.2. The Balaban J connectivity index is 2.25. The van der Waals surface area contributed by atoms with Crippen LogP contribution in [0.2, 0.25) is 0 Å². The summed E-state index contributed by atoms with van der Waals surface area (Å²) >= 11 is 3.35. The number of esters is 1. The van der Waals surface area contributed by atoms with Gasteiger partial charge >= 0.3 is 11.9 Å². The van der Waals surface area contributed by atoms with Crippen LogP contribution in [-0.4, -0.2) is 32.6 Å². The Hall–Kier alpha value is -2.71. The average Bonchev–Trinajstić information content (AvgIpc) is 2.65. The second kappa shape index (κ2) is 7.13. The fourth-order valence-corrected chi connectivity index (χ4v) is 4.63. The number of sulfone groups is 1. The van der Waals surface area contributed by atoms with Crippen LogP contribution in [0.4, 0.5) is 0 Å². The third-order valence-electron chi connectivity index (χ3n) is 4.03. The van der Waals surface area contributed by atoms with Crippen molar-refractivity contribution in [2.24, 2.45) is 0 Å². The zero-order valence-electron chi connectivity index (χ0n) is 14.0. The molecule has 0 spiro atoms. The first-order valence-corrected chi connectivity index (χ1v) is 9.92. The highest BCUT2D eigenvalue weighted by atomic mass is 79.9. The Morgan fingerprint density at radius 1 is 1.00 bits per heavy atom. The summed E-state index contributed by atoms with van der Waals surface area (Å²) in [6, 6.07) is 13.4. The summed E-state index contributed by atoms with van der Waals surface area (Å²) in [4.78, 5) is 23.1. The molecule has 0 radical (unpaired) electrons. The lowest BCUT2D eigenvalue weighted by Gasteiger charge is -2.11. The number of benzene rings is 3. The number of halogens is 1. The summed E-state index contributed by atoms with van der Waals surface area (Å²) in [5.74, 6) is -2.28. The van der Waals surface area contributed by atoms with Crippen molar-refractivity contribution in [3.05, 3.63) is 70.2 Å². The van der Waals surface area contributed by atoms with Gasteiger partial charge in [0.05, 0.1) is 28.0 Å². The number of hydrogen-bond acceptors (Lipinski definition) is 5. The molecular weight excluding hydrogens is 436 g/mol. The van der Waals surface area contributed by atoms with Crippen LogP contribution in [-0.2, 0) is 14.6 Å². The van der Waals surface area contributed by atoms with Gasteiger partial charge in [-0.2, -0.15) is 0 Å². The lowest BCUT2D eigenvalue weighted by molar-refractivity contribution is 0.0582. The quantitative estimate of drug-likeness (QED) is 0.607. The summed E-state index contributed by atoms with van der Waals surface area (Å²) in [5.41, 5.74) is -0.656. The molecule has 0 aromatic heterocycles. The van der Waals surface area contributed by atoms with Crippen LogP contribution in [0.15, 0.2) is 68.9 Å². The molecule has 0 heterocycles. The molecule has 0 bridgehead atoms. The molecule has 0 saturated heterocycles. The summed E-state index contributed by atoms with van der Waals surface area (Å²) in [5, 5.41) is 10.5. The zero-order chi connectivity index (χ0) is 19.8. The van der Waals surface area contributed by atoms with Gasteiger partial charge in [0.25, 0.3) is 0 Å². The zero-order valence-corrected chi connectivity index (χ0v) is 16.4. The van der Waals surface area contributed by atoms with Gasteiger partial charge in [0.15, 0.2) is 0 Å². The molecule has 0 amide bonds. The number of carbonyl (C=O) groups is 2. The van der Waals surface area contributed by atoms with Gasteiger partial charge in [0, 0.05) is 9.86 Å². The highest BCUT2D eigenvalue weighted by Crippen LogP contribution is 2.31. The number of carboxylic acids is 1. The molecule has 8 heteroatoms. The molecule has 0 aliphatic rings. The Labute approximate surface area is 163 Å². The molecule has 0 fully saturated rings. The van der Waals surface area contributed by atoms with E-state index in [0.717, 1.165) is 29.1 Å². The van der Waals surface area contributed by atoms with Gasteiger partial charge < -0.3 is 9.84 Å². The van der Waals surface area contributed by atoms with E-state index in [-0.39, 0.29) is 20.9 Å². The number of carboxylic acid groups (broad SMARTS) is 1. The average molecular weight is 449 g/mol. The topological polar surface area (TPSA) is 97.7 Å². The fourth-order valence-electron chi connectivity index (χ4n) is 2.74. The minimum atomic E-state index is -4.00. The van der Waals surface area contributed by atoms with Gasteiger partial charge in [0.2, 0.25) is 9.84 Å². The third kappa shape index (κ3) is 3.45. The number of fused-ring (bicyclic) bond motifs is 1. The van der Waals surface area contributed by atoms with Crippen LogP contribution in [0.25, 0.3) is 10.8 Å². The second-order valence-electron chi connectivity index (χ2n) is 5.63. The van der Waals surface area contributed by atoms with Crippen molar-refractivity contribution in [2.75, 3.05) is 7.11 Å². The Morgan fingerprint density at radius 2 is 1.74 bits per heavy atom. The molecule has 0 aliphatic carbocycles. The predicted molar refractivity (Wildman–Crippen MR) is 102 cm³/mol. The summed E-state index contributed by atoms with van der Waals surface area (Å²) < 4.78 is 31.7. The standard InChI is InChI=1S/C19H13BrO6S/c1-26-19(23)16-10-13(6-8-15(16)18(21)22)27(24,25)17-4-2-3-11-9-12(20)5-7-14(11)17/h2-10H,1H3,(H,21,22). The minimum absolute atomic E-state index is 0.0615. The predicted octanol–water partition coefficient (Wildman–Crippen LogP) is 3.92. The van der Waals surface area contributed by atoms with Crippen molar-refractivity contribution in [2.45, 2.75) is 9.79 Å². The molecule has 6 nitrogen and oxygen atoms in total. The monoisotopic (exact) mass is 448 g/mol. The largest absolute Gasteiger partial charge is 0.478 e. The van der Waals surface area contributed by atoms with Gasteiger partial charge in [-0.05, 0) is 41.8 Å². The van der Waals surface area contributed by atoms with Crippen LogP contribution in [0.1, 0.15) is 20.7 Å². The maximum atomic E-state index is 13.2. The molecule has 0 aliphatic heterocycles. The second-order valence-corrected chi connectivity index (χ2v) is 8.46. The number of ether oxygens (including phenoxy) is 1. The summed E-state index contributed by atoms with van der Waals surface area (Å²) in [6.45, 7) is 0. The van der Waals surface area contributed by atoms with Crippen molar-refractivity contribution in [1.29, 1.82) is 0 Å². The Morgan fingerprint density at radius 3 is 2.41 bits per heavy atom. The van der Waals surface area contributed by atoms with Crippen molar-refractivity contribution in [1.82, 2.24) is 0 Å². The first-order chi connectivity index (χ1) is 12.8. The highest BCUT2D eigenvalue weighted by Gasteiger charge is 2.25. The molecule has 138 valence electrons. The molecule has 0 unspecified atom stereocenters. The molecule has 3 aromatic carbocycles. The van der Waals surface area contributed by atoms with E-state index in [9.17, 15) is 23.1 Å². The SMILES string of the molecule is COC(=O)c1cc(S(=O)(=O)c2cccc3cc(Br)ccc23)ccc1C(=O)O. The van der Waals surface area contributed by atoms with Crippen molar-refractivity contribution in [3.8, 4) is 0 Å². The number of methoxy groups -OCH3 is 1. The summed E-state index contributed by atoms with van der Waals surface area (Å²) in [6.07, 6.45) is 0. The number of aromatic carboxylic acids is 1. The van der Waals surface area contributed by atoms with Crippen LogP contribution >= 0.6 is 15.9 Å². The van der Waals surface area contributed by atoms with Crippen LogP contribution in [0.5, 0.6) is 0 Å². The molecular formula is C19H13BrO6S. The third-order valence-corrected chi connectivity index (χ3v) is 6.33.